The number of allylic oxidation sites excluding steroid dienone is 1. The number of hydrogen-bond donors (Lipinski definition) is 0. The van der Waals surface area contributed by atoms with E-state index in [1.807, 2.05) is 6.08 Å². The number of carbonyl (C=O) groups is 2. The third kappa shape index (κ3) is 6.03. The summed E-state index contributed by atoms with van der Waals surface area (Å²) in [7, 11) is -1.93. The van der Waals surface area contributed by atoms with Crippen LogP contribution in [0, 0.1) is 17.8 Å². The number of unbranched alkanes of at least 4 members (excludes halogenated alkanes) is 1. The molecule has 2 fully saturated rings. The van der Waals surface area contributed by atoms with Gasteiger partial charge in [-0.1, -0.05) is 53.5 Å². The normalized spacial score (nSPS) is 28.2. The Bertz CT molecular complexity index is 588. The lowest BCUT2D eigenvalue weighted by molar-refractivity contribution is -0.141. The van der Waals surface area contributed by atoms with E-state index in [0.717, 1.165) is 19.3 Å². The van der Waals surface area contributed by atoms with Crippen molar-refractivity contribution in [2.24, 2.45) is 17.8 Å². The van der Waals surface area contributed by atoms with Gasteiger partial charge in [0.25, 0.3) is 0 Å². The summed E-state index contributed by atoms with van der Waals surface area (Å²) in [6.07, 6.45) is 8.77. The first-order chi connectivity index (χ1) is 12.9. The zero-order valence-electron chi connectivity index (χ0n) is 18.9. The molecule has 1 saturated carbocycles. The number of fused-ring (bicyclic) bond motifs is 1. The van der Waals surface area contributed by atoms with Crippen molar-refractivity contribution in [2.45, 2.75) is 103 Å². The molecule has 1 unspecified atom stereocenters. The summed E-state index contributed by atoms with van der Waals surface area (Å²) in [6.45, 7) is 15.7. The zero-order chi connectivity index (χ0) is 21.1. The molecule has 0 aromatic rings. The van der Waals surface area contributed by atoms with E-state index in [4.69, 9.17) is 9.16 Å². The van der Waals surface area contributed by atoms with Gasteiger partial charge >= 0.3 is 5.97 Å². The van der Waals surface area contributed by atoms with Crippen LogP contribution in [-0.4, -0.2) is 32.3 Å². The maximum absolute atomic E-state index is 12.3. The Morgan fingerprint density at radius 3 is 2.57 bits per heavy atom. The largest absolute Gasteiger partial charge is 0.462 e. The van der Waals surface area contributed by atoms with Gasteiger partial charge in [0.1, 0.15) is 6.10 Å². The first kappa shape index (κ1) is 23.3. The topological polar surface area (TPSA) is 52.6 Å². The third-order valence-corrected chi connectivity index (χ3v) is 11.3. The van der Waals surface area contributed by atoms with Crippen molar-refractivity contribution in [3.63, 3.8) is 0 Å². The fourth-order valence-corrected chi connectivity index (χ4v) is 5.36. The van der Waals surface area contributed by atoms with Crippen LogP contribution in [-0.2, 0) is 18.8 Å². The van der Waals surface area contributed by atoms with Gasteiger partial charge in [0.2, 0.25) is 0 Å². The minimum absolute atomic E-state index is 0.0361. The fourth-order valence-electron chi connectivity index (χ4n) is 4.00. The summed E-state index contributed by atoms with van der Waals surface area (Å²) < 4.78 is 12.2. The average molecular weight is 409 g/mol. The molecule has 0 aromatic carbocycles. The van der Waals surface area contributed by atoms with Gasteiger partial charge in [-0.15, -0.1) is 0 Å². The molecule has 2 aliphatic rings. The van der Waals surface area contributed by atoms with Gasteiger partial charge in [0.05, 0.1) is 12.5 Å². The predicted molar refractivity (Wildman–Crippen MR) is 116 cm³/mol. The minimum atomic E-state index is -1.93. The summed E-state index contributed by atoms with van der Waals surface area (Å²) >= 11 is 0. The van der Waals surface area contributed by atoms with Gasteiger partial charge in [-0.25, -0.2) is 0 Å². The third-order valence-electron chi connectivity index (χ3n) is 6.76. The molecule has 2 rings (SSSR count). The van der Waals surface area contributed by atoms with Crippen molar-refractivity contribution in [1.82, 2.24) is 0 Å². The second kappa shape index (κ2) is 9.25. The van der Waals surface area contributed by atoms with Crippen LogP contribution in [0.4, 0.5) is 0 Å². The van der Waals surface area contributed by atoms with E-state index >= 15 is 0 Å². The monoisotopic (exact) mass is 408 g/mol. The van der Waals surface area contributed by atoms with Crippen molar-refractivity contribution in [3.8, 4) is 0 Å². The molecular formula is C23H40O4Si. The van der Waals surface area contributed by atoms with Crippen LogP contribution in [0.2, 0.25) is 18.1 Å². The highest BCUT2D eigenvalue weighted by atomic mass is 28.4. The number of esters is 1. The van der Waals surface area contributed by atoms with Gasteiger partial charge in [0, 0.05) is 24.7 Å². The van der Waals surface area contributed by atoms with Crippen molar-refractivity contribution in [1.29, 1.82) is 0 Å². The molecule has 5 heteroatoms. The van der Waals surface area contributed by atoms with E-state index in [2.05, 4.69) is 47.7 Å². The molecule has 1 saturated heterocycles. The van der Waals surface area contributed by atoms with Gasteiger partial charge < -0.3 is 9.16 Å². The summed E-state index contributed by atoms with van der Waals surface area (Å²) in [5, 5.41) is 0.127. The highest BCUT2D eigenvalue weighted by Gasteiger charge is 2.52. The van der Waals surface area contributed by atoms with E-state index in [0.29, 0.717) is 18.8 Å². The van der Waals surface area contributed by atoms with Crippen molar-refractivity contribution < 1.29 is 18.8 Å². The summed E-state index contributed by atoms with van der Waals surface area (Å²) in [6, 6.07) is 0. The lowest BCUT2D eigenvalue weighted by Gasteiger charge is -2.39. The lowest BCUT2D eigenvalue weighted by atomic mass is 9.91. The molecule has 0 amide bonds. The zero-order valence-corrected chi connectivity index (χ0v) is 19.9. The molecule has 4 nitrogen and oxygen atoms in total. The Morgan fingerprint density at radius 2 is 1.96 bits per heavy atom. The van der Waals surface area contributed by atoms with E-state index in [9.17, 15) is 9.59 Å². The molecule has 160 valence electrons. The van der Waals surface area contributed by atoms with Crippen molar-refractivity contribution in [3.05, 3.63) is 12.2 Å². The highest BCUT2D eigenvalue weighted by Crippen LogP contribution is 2.47. The Hall–Kier alpha value is -0.943. The number of ether oxygens (including phenoxy) is 1. The molecular weight excluding hydrogens is 368 g/mol. The molecule has 1 heterocycles. The van der Waals surface area contributed by atoms with Crippen LogP contribution in [0.3, 0.4) is 0 Å². The number of carbonyl (C=O) groups excluding carboxylic acids is 2. The van der Waals surface area contributed by atoms with E-state index in [-0.39, 0.29) is 40.8 Å². The van der Waals surface area contributed by atoms with Crippen molar-refractivity contribution >= 4 is 20.1 Å². The average Bonchev–Trinajstić information content (AvgIpc) is 3.03. The molecule has 0 spiro atoms. The van der Waals surface area contributed by atoms with E-state index < -0.39 is 8.32 Å². The van der Waals surface area contributed by atoms with E-state index in [1.54, 1.807) is 6.08 Å². The Morgan fingerprint density at radius 1 is 1.29 bits per heavy atom. The van der Waals surface area contributed by atoms with Gasteiger partial charge in [-0.05, 0) is 36.5 Å². The SMILES string of the molecule is CC(C)CCCCC(=O)/C=C/[C@H]1C(O[Si](C)(C)C(C)(C)C)C[C@@H]2OC(=O)C[C@@H]21. The Labute approximate surface area is 172 Å². The van der Waals surface area contributed by atoms with Crippen LogP contribution in [0.5, 0.6) is 0 Å². The molecule has 1 aliphatic heterocycles. The second-order valence-electron chi connectivity index (χ2n) is 10.6. The Balaban J connectivity index is 2.02. The molecule has 1 aliphatic carbocycles. The smallest absolute Gasteiger partial charge is 0.306 e. The predicted octanol–water partition coefficient (Wildman–Crippen LogP) is 5.67. The molecule has 0 N–H and O–H groups in total. The molecule has 0 radical (unpaired) electrons. The summed E-state index contributed by atoms with van der Waals surface area (Å²) in [4.78, 5) is 24.1. The van der Waals surface area contributed by atoms with E-state index in [1.165, 1.54) is 6.42 Å². The molecule has 0 aromatic heterocycles. The van der Waals surface area contributed by atoms with Crippen LogP contribution in [0.25, 0.3) is 0 Å². The minimum Gasteiger partial charge on any atom is -0.462 e. The molecule has 0 bridgehead atoms. The number of hydrogen-bond acceptors (Lipinski definition) is 4. The Kier molecular flexibility index (Phi) is 7.71. The van der Waals surface area contributed by atoms with Crippen LogP contribution < -0.4 is 0 Å². The van der Waals surface area contributed by atoms with Crippen LogP contribution >= 0.6 is 0 Å². The quantitative estimate of drug-likeness (QED) is 0.213. The van der Waals surface area contributed by atoms with Crippen molar-refractivity contribution in [2.75, 3.05) is 0 Å². The highest BCUT2D eigenvalue weighted by molar-refractivity contribution is 6.74. The van der Waals surface area contributed by atoms with Crippen LogP contribution in [0.15, 0.2) is 12.2 Å². The first-order valence-corrected chi connectivity index (χ1v) is 13.9. The fraction of sp³-hybridized carbons (Fsp3) is 0.826. The summed E-state index contributed by atoms with van der Waals surface area (Å²) in [5.74, 6) is 0.995. The number of rotatable bonds is 9. The molecule has 4 atom stereocenters. The lowest BCUT2D eigenvalue weighted by Crippen LogP contribution is -2.45. The number of ketones is 1. The van der Waals surface area contributed by atoms with Crippen LogP contribution in [0.1, 0.15) is 73.1 Å². The molecule has 28 heavy (non-hydrogen) atoms. The maximum atomic E-state index is 12.3. The van der Waals surface area contributed by atoms with Gasteiger partial charge in [-0.2, -0.15) is 0 Å². The maximum Gasteiger partial charge on any atom is 0.306 e. The first-order valence-electron chi connectivity index (χ1n) is 11.0. The second-order valence-corrected chi connectivity index (χ2v) is 15.3. The van der Waals surface area contributed by atoms with Gasteiger partial charge in [-0.3, -0.25) is 9.59 Å². The standard InChI is InChI=1S/C23H40O4Si/c1-16(2)10-8-9-11-17(24)12-13-18-19-14-22(25)26-20(19)15-21(18)27-28(6,7)23(3,4)5/h12-13,16,18-21H,8-11,14-15H2,1-7H3/b13-12+/t18-,19-,20+,21?/m1/s1. The van der Waals surface area contributed by atoms with Gasteiger partial charge in [0.15, 0.2) is 14.1 Å². The summed E-state index contributed by atoms with van der Waals surface area (Å²) in [5.41, 5.74) is 0.